The number of H-pyrrole nitrogens is 1. The van der Waals surface area contributed by atoms with E-state index in [1.165, 1.54) is 0 Å². The number of sulfonamides is 1. The molecule has 0 aromatic carbocycles. The van der Waals surface area contributed by atoms with Crippen LogP contribution in [0.3, 0.4) is 0 Å². The molecule has 1 rings (SSSR count). The average Bonchev–Trinajstić information content (AvgIpc) is 2.69. The SMILES string of the molecule is CCCc1[nH]nc(C(=O)NCC(C)(C)C)c1S(N)(=O)=O. The topological polar surface area (TPSA) is 118 Å². The van der Waals surface area contributed by atoms with E-state index in [-0.39, 0.29) is 16.0 Å². The zero-order valence-electron chi connectivity index (χ0n) is 12.3. The lowest BCUT2D eigenvalue weighted by atomic mass is 9.97. The molecule has 7 nitrogen and oxygen atoms in total. The minimum atomic E-state index is -4.00. The third-order valence-electron chi connectivity index (χ3n) is 2.57. The van der Waals surface area contributed by atoms with Crippen LogP contribution in [0.25, 0.3) is 0 Å². The first-order valence-corrected chi connectivity index (χ1v) is 7.99. The first-order valence-electron chi connectivity index (χ1n) is 6.44. The highest BCUT2D eigenvalue weighted by Gasteiger charge is 2.27. The summed E-state index contributed by atoms with van der Waals surface area (Å²) >= 11 is 0. The molecule has 1 aromatic heterocycles. The highest BCUT2D eigenvalue weighted by atomic mass is 32.2. The average molecular weight is 302 g/mol. The van der Waals surface area contributed by atoms with Gasteiger partial charge >= 0.3 is 0 Å². The van der Waals surface area contributed by atoms with E-state index in [0.29, 0.717) is 25.1 Å². The molecule has 0 saturated heterocycles. The molecule has 1 amide bonds. The molecule has 0 aliphatic heterocycles. The highest BCUT2D eigenvalue weighted by molar-refractivity contribution is 7.89. The number of hydrogen-bond donors (Lipinski definition) is 3. The molecule has 0 fully saturated rings. The molecule has 0 radical (unpaired) electrons. The fraction of sp³-hybridized carbons (Fsp3) is 0.667. The number of amides is 1. The normalized spacial score (nSPS) is 12.4. The van der Waals surface area contributed by atoms with Crippen molar-refractivity contribution in [2.75, 3.05) is 6.54 Å². The molecule has 1 heterocycles. The summed E-state index contributed by atoms with van der Waals surface area (Å²) in [6, 6.07) is 0. The molecule has 0 aliphatic rings. The van der Waals surface area contributed by atoms with Crippen molar-refractivity contribution in [3.8, 4) is 0 Å². The summed E-state index contributed by atoms with van der Waals surface area (Å²) < 4.78 is 23.3. The molecule has 0 saturated carbocycles. The lowest BCUT2D eigenvalue weighted by Gasteiger charge is -2.18. The molecule has 1 aromatic rings. The number of nitrogens with two attached hydrogens (primary N) is 1. The van der Waals surface area contributed by atoms with Gasteiger partial charge in [0.05, 0.1) is 5.69 Å². The Labute approximate surface area is 119 Å². The summed E-state index contributed by atoms with van der Waals surface area (Å²) in [5, 5.41) is 14.2. The van der Waals surface area contributed by atoms with Crippen molar-refractivity contribution in [2.24, 2.45) is 10.6 Å². The zero-order chi connectivity index (χ0) is 15.6. The van der Waals surface area contributed by atoms with E-state index in [1.807, 2.05) is 27.7 Å². The molecule has 0 spiro atoms. The fourth-order valence-electron chi connectivity index (χ4n) is 1.68. The van der Waals surface area contributed by atoms with Crippen LogP contribution in [0.2, 0.25) is 0 Å². The number of primary sulfonamides is 1. The number of hydrogen-bond acceptors (Lipinski definition) is 4. The lowest BCUT2D eigenvalue weighted by Crippen LogP contribution is -2.33. The molecule has 4 N–H and O–H groups in total. The number of aryl methyl sites for hydroxylation is 1. The predicted octanol–water partition coefficient (Wildman–Crippen LogP) is 0.786. The number of rotatable bonds is 5. The molecule has 0 unspecified atom stereocenters. The Morgan fingerprint density at radius 3 is 2.45 bits per heavy atom. The van der Waals surface area contributed by atoms with Crippen LogP contribution in [0.15, 0.2) is 4.90 Å². The van der Waals surface area contributed by atoms with E-state index < -0.39 is 15.9 Å². The van der Waals surface area contributed by atoms with Crippen molar-refractivity contribution in [1.29, 1.82) is 0 Å². The first kappa shape index (κ1) is 16.6. The van der Waals surface area contributed by atoms with Crippen LogP contribution in [0.5, 0.6) is 0 Å². The van der Waals surface area contributed by atoms with Crippen molar-refractivity contribution >= 4 is 15.9 Å². The standard InChI is InChI=1S/C12H22N4O3S/c1-5-6-8-10(20(13,18)19)9(16-15-8)11(17)14-7-12(2,3)4/h5-7H2,1-4H3,(H,14,17)(H,15,16)(H2,13,18,19). The third-order valence-corrected chi connectivity index (χ3v) is 3.58. The van der Waals surface area contributed by atoms with Crippen LogP contribution in [-0.4, -0.2) is 31.1 Å². The summed E-state index contributed by atoms with van der Waals surface area (Å²) in [7, 11) is -4.00. The summed E-state index contributed by atoms with van der Waals surface area (Å²) in [6.45, 7) is 8.18. The Balaban J connectivity index is 3.10. The van der Waals surface area contributed by atoms with Gasteiger partial charge in [0.25, 0.3) is 5.91 Å². The Morgan fingerprint density at radius 2 is 2.00 bits per heavy atom. The van der Waals surface area contributed by atoms with Gasteiger partial charge in [0.2, 0.25) is 10.0 Å². The minimum absolute atomic E-state index is 0.111. The molecular weight excluding hydrogens is 280 g/mol. The fourth-order valence-corrected chi connectivity index (χ4v) is 2.58. The van der Waals surface area contributed by atoms with Crippen molar-refractivity contribution < 1.29 is 13.2 Å². The lowest BCUT2D eigenvalue weighted by molar-refractivity contribution is 0.0931. The second-order valence-corrected chi connectivity index (χ2v) is 7.42. The highest BCUT2D eigenvalue weighted by Crippen LogP contribution is 2.19. The van der Waals surface area contributed by atoms with Crippen molar-refractivity contribution in [3.63, 3.8) is 0 Å². The maximum Gasteiger partial charge on any atom is 0.273 e. The van der Waals surface area contributed by atoms with Gasteiger partial charge in [-0.25, -0.2) is 13.6 Å². The van der Waals surface area contributed by atoms with Crippen molar-refractivity contribution in [3.05, 3.63) is 11.4 Å². The molecule has 8 heteroatoms. The van der Waals surface area contributed by atoms with E-state index in [1.54, 1.807) is 0 Å². The molecule has 0 aliphatic carbocycles. The number of carbonyl (C=O) groups is 1. The minimum Gasteiger partial charge on any atom is -0.350 e. The molecule has 20 heavy (non-hydrogen) atoms. The Kier molecular flexibility index (Phi) is 4.93. The van der Waals surface area contributed by atoms with Gasteiger partial charge in [-0.2, -0.15) is 5.10 Å². The maximum atomic E-state index is 12.1. The van der Waals surface area contributed by atoms with Crippen LogP contribution in [0.4, 0.5) is 0 Å². The van der Waals surface area contributed by atoms with Crippen molar-refractivity contribution in [2.45, 2.75) is 45.4 Å². The number of aromatic amines is 1. The Bertz CT molecular complexity index is 584. The van der Waals surface area contributed by atoms with E-state index in [9.17, 15) is 13.2 Å². The van der Waals surface area contributed by atoms with Crippen molar-refractivity contribution in [1.82, 2.24) is 15.5 Å². The van der Waals surface area contributed by atoms with Crippen LogP contribution >= 0.6 is 0 Å². The Hall–Kier alpha value is -1.41. The van der Waals surface area contributed by atoms with Gasteiger partial charge in [-0.3, -0.25) is 9.89 Å². The summed E-state index contributed by atoms with van der Waals surface area (Å²) in [5.41, 5.74) is 0.0936. The predicted molar refractivity (Wildman–Crippen MR) is 75.7 cm³/mol. The summed E-state index contributed by atoms with van der Waals surface area (Å²) in [5.74, 6) is -0.539. The molecule has 0 atom stereocenters. The molecular formula is C12H22N4O3S. The zero-order valence-corrected chi connectivity index (χ0v) is 13.1. The first-order chi connectivity index (χ1) is 9.06. The second-order valence-electron chi connectivity index (χ2n) is 5.92. The van der Waals surface area contributed by atoms with Gasteiger partial charge in [-0.1, -0.05) is 34.1 Å². The Morgan fingerprint density at radius 1 is 1.40 bits per heavy atom. The van der Waals surface area contributed by atoms with E-state index >= 15 is 0 Å². The van der Waals surface area contributed by atoms with E-state index in [0.717, 1.165) is 0 Å². The van der Waals surface area contributed by atoms with Crippen LogP contribution < -0.4 is 10.5 Å². The van der Waals surface area contributed by atoms with Gasteiger partial charge in [-0.15, -0.1) is 0 Å². The molecule has 114 valence electrons. The third kappa shape index (κ3) is 4.31. The van der Waals surface area contributed by atoms with E-state index in [2.05, 4.69) is 15.5 Å². The van der Waals surface area contributed by atoms with Crippen LogP contribution in [0.1, 0.15) is 50.3 Å². The number of nitrogens with zero attached hydrogens (tertiary/aromatic N) is 1. The maximum absolute atomic E-state index is 12.1. The number of nitrogens with one attached hydrogen (secondary N) is 2. The quantitative estimate of drug-likeness (QED) is 0.745. The van der Waals surface area contributed by atoms with Gasteiger partial charge in [0, 0.05) is 6.54 Å². The summed E-state index contributed by atoms with van der Waals surface area (Å²) in [6.07, 6.45) is 1.18. The number of carbonyl (C=O) groups excluding carboxylic acids is 1. The van der Waals surface area contributed by atoms with Gasteiger partial charge in [0.15, 0.2) is 5.69 Å². The largest absolute Gasteiger partial charge is 0.350 e. The smallest absolute Gasteiger partial charge is 0.273 e. The van der Waals surface area contributed by atoms with Gasteiger partial charge in [-0.05, 0) is 11.8 Å². The second kappa shape index (κ2) is 5.92. The van der Waals surface area contributed by atoms with Gasteiger partial charge < -0.3 is 5.32 Å². The van der Waals surface area contributed by atoms with Crippen LogP contribution in [0, 0.1) is 5.41 Å². The monoisotopic (exact) mass is 302 g/mol. The van der Waals surface area contributed by atoms with Crippen LogP contribution in [-0.2, 0) is 16.4 Å². The van der Waals surface area contributed by atoms with Gasteiger partial charge in [0.1, 0.15) is 4.90 Å². The van der Waals surface area contributed by atoms with E-state index in [4.69, 9.17) is 5.14 Å². The summed E-state index contributed by atoms with van der Waals surface area (Å²) in [4.78, 5) is 11.9. The number of aromatic nitrogens is 2. The molecule has 0 bridgehead atoms.